The third-order valence-corrected chi connectivity index (χ3v) is 8.06. The van der Waals surface area contributed by atoms with Crippen LogP contribution in [0, 0.1) is 13.8 Å². The van der Waals surface area contributed by atoms with Crippen LogP contribution in [0.3, 0.4) is 0 Å². The minimum absolute atomic E-state index is 0. The molecule has 0 amide bonds. The number of imidazole rings is 1. The summed E-state index contributed by atoms with van der Waals surface area (Å²) in [5, 5.41) is 4.91. The molecule has 2 saturated heterocycles. The summed E-state index contributed by atoms with van der Waals surface area (Å²) >= 11 is 1.78. The summed E-state index contributed by atoms with van der Waals surface area (Å²) in [6.07, 6.45) is 12.6. The molecule has 4 aromatic rings. The lowest BCUT2D eigenvalue weighted by atomic mass is 9.83. The van der Waals surface area contributed by atoms with Gasteiger partial charge < -0.3 is 14.6 Å². The van der Waals surface area contributed by atoms with Crippen molar-refractivity contribution in [2.75, 3.05) is 11.9 Å². The number of aryl methyl sites for hydroxylation is 2. The highest BCUT2D eigenvalue weighted by Gasteiger charge is 2.33. The molecule has 1 N–H and O–H groups in total. The van der Waals surface area contributed by atoms with E-state index in [0.29, 0.717) is 18.1 Å². The lowest BCUT2D eigenvalue weighted by Gasteiger charge is -2.43. The minimum Gasteiger partial charge on any atom is -0.348 e. The molecule has 2 bridgehead atoms. The molecule has 6 heterocycles. The zero-order valence-electron chi connectivity index (χ0n) is 18.7. The zero-order valence-corrected chi connectivity index (χ0v) is 20.3. The first-order valence-electron chi connectivity index (χ1n) is 11.3. The molecule has 0 radical (unpaired) electrons. The molecule has 2 aliphatic rings. The summed E-state index contributed by atoms with van der Waals surface area (Å²) in [6.45, 7) is 4.14. The van der Waals surface area contributed by atoms with E-state index in [1.165, 1.54) is 36.8 Å². The second-order valence-corrected chi connectivity index (χ2v) is 10.3. The van der Waals surface area contributed by atoms with E-state index in [1.807, 2.05) is 13.1 Å². The average Bonchev–Trinajstić information content (AvgIpc) is 3.35. The molecule has 0 spiro atoms. The normalized spacial score (nSPS) is 22.8. The molecule has 8 heteroatoms. The monoisotopic (exact) mass is 468 g/mol. The van der Waals surface area contributed by atoms with Gasteiger partial charge in [-0.3, -0.25) is 4.98 Å². The maximum atomic E-state index is 4.93. The van der Waals surface area contributed by atoms with Crippen molar-refractivity contribution < 1.29 is 0 Å². The second kappa shape index (κ2) is 8.28. The summed E-state index contributed by atoms with van der Waals surface area (Å²) in [5.41, 5.74) is 6.28. The van der Waals surface area contributed by atoms with Gasteiger partial charge in [0.1, 0.15) is 11.2 Å². The Morgan fingerprint density at radius 2 is 1.88 bits per heavy atom. The number of halogens is 1. The zero-order chi connectivity index (χ0) is 21.1. The molecular weight excluding hydrogens is 440 g/mol. The molecule has 2 aliphatic heterocycles. The molecule has 32 heavy (non-hydrogen) atoms. The van der Waals surface area contributed by atoms with Gasteiger partial charge in [0.15, 0.2) is 5.13 Å². The van der Waals surface area contributed by atoms with E-state index >= 15 is 0 Å². The number of piperidine rings is 2. The van der Waals surface area contributed by atoms with Gasteiger partial charge in [0.2, 0.25) is 0 Å². The van der Waals surface area contributed by atoms with Gasteiger partial charge in [-0.2, -0.15) is 0 Å². The van der Waals surface area contributed by atoms with Gasteiger partial charge in [-0.25, -0.2) is 9.97 Å². The van der Waals surface area contributed by atoms with Crippen LogP contribution in [0.15, 0.2) is 30.7 Å². The molecule has 0 saturated carbocycles. The molecule has 2 atom stereocenters. The molecule has 4 aromatic heterocycles. The molecule has 2 fully saturated rings. The molecular formula is C24H29ClN6S. The number of hydrogen-bond donors (Lipinski definition) is 1. The van der Waals surface area contributed by atoms with Crippen molar-refractivity contribution in [3.8, 4) is 11.3 Å². The molecule has 6 nitrogen and oxygen atoms in total. The Balaban J connectivity index is 0.00000216. The fourth-order valence-corrected chi connectivity index (χ4v) is 6.37. The van der Waals surface area contributed by atoms with Gasteiger partial charge in [0, 0.05) is 43.1 Å². The maximum absolute atomic E-state index is 4.93. The number of pyridine rings is 2. The number of nitrogens with one attached hydrogen (secondary N) is 1. The highest BCUT2D eigenvalue weighted by molar-refractivity contribution is 7.22. The van der Waals surface area contributed by atoms with Crippen LogP contribution >= 0.6 is 23.7 Å². The van der Waals surface area contributed by atoms with Crippen LogP contribution < -0.4 is 10.2 Å². The van der Waals surface area contributed by atoms with Gasteiger partial charge in [-0.15, -0.1) is 12.4 Å². The molecule has 0 aromatic carbocycles. The first-order valence-corrected chi connectivity index (χ1v) is 12.1. The first-order chi connectivity index (χ1) is 15.0. The summed E-state index contributed by atoms with van der Waals surface area (Å²) in [4.78, 5) is 16.7. The van der Waals surface area contributed by atoms with Gasteiger partial charge in [0.25, 0.3) is 0 Å². The van der Waals surface area contributed by atoms with Crippen molar-refractivity contribution in [2.45, 2.75) is 64.1 Å². The van der Waals surface area contributed by atoms with Crippen molar-refractivity contribution in [2.24, 2.45) is 0 Å². The van der Waals surface area contributed by atoms with Gasteiger partial charge in [-0.1, -0.05) is 17.8 Å². The van der Waals surface area contributed by atoms with E-state index in [-0.39, 0.29) is 12.4 Å². The van der Waals surface area contributed by atoms with Crippen molar-refractivity contribution in [3.05, 3.63) is 42.0 Å². The number of aromatic nitrogens is 4. The quantitative estimate of drug-likeness (QED) is 0.450. The van der Waals surface area contributed by atoms with Crippen molar-refractivity contribution in [1.82, 2.24) is 24.7 Å². The number of hydrogen-bond acceptors (Lipinski definition) is 6. The van der Waals surface area contributed by atoms with Gasteiger partial charge in [0.05, 0.1) is 22.3 Å². The Bertz CT molecular complexity index is 1270. The van der Waals surface area contributed by atoms with Crippen LogP contribution in [0.1, 0.15) is 43.4 Å². The Morgan fingerprint density at radius 1 is 1.09 bits per heavy atom. The Labute approximate surface area is 198 Å². The van der Waals surface area contributed by atoms with Crippen LogP contribution in [0.4, 0.5) is 5.13 Å². The highest BCUT2D eigenvalue weighted by atomic mass is 35.5. The topological polar surface area (TPSA) is 58.4 Å². The smallest absolute Gasteiger partial charge is 0.186 e. The van der Waals surface area contributed by atoms with Crippen LogP contribution in [0.2, 0.25) is 0 Å². The number of rotatable bonds is 3. The Kier molecular flexibility index (Phi) is 5.60. The minimum atomic E-state index is 0. The number of thiazole rings is 1. The average molecular weight is 469 g/mol. The van der Waals surface area contributed by atoms with Crippen molar-refractivity contribution in [3.63, 3.8) is 0 Å². The van der Waals surface area contributed by atoms with E-state index in [1.54, 1.807) is 11.3 Å². The first kappa shape index (κ1) is 21.6. The fraction of sp³-hybridized carbons (Fsp3) is 0.458. The van der Waals surface area contributed by atoms with Crippen LogP contribution in [-0.4, -0.2) is 44.5 Å². The molecule has 6 rings (SSSR count). The molecule has 2 unspecified atom stereocenters. The largest absolute Gasteiger partial charge is 0.348 e. The third-order valence-electron chi connectivity index (χ3n) is 6.95. The lowest BCUT2D eigenvalue weighted by Crippen LogP contribution is -2.54. The van der Waals surface area contributed by atoms with Crippen LogP contribution in [0.5, 0.6) is 0 Å². The fourth-order valence-electron chi connectivity index (χ4n) is 5.37. The summed E-state index contributed by atoms with van der Waals surface area (Å²) in [7, 11) is 2.22. The highest BCUT2D eigenvalue weighted by Crippen LogP contribution is 2.35. The predicted octanol–water partition coefficient (Wildman–Crippen LogP) is 5.15. The maximum Gasteiger partial charge on any atom is 0.186 e. The summed E-state index contributed by atoms with van der Waals surface area (Å²) < 4.78 is 3.30. The van der Waals surface area contributed by atoms with E-state index in [0.717, 1.165) is 38.8 Å². The molecule has 0 aliphatic carbocycles. The SMILES string of the molecule is Cc1cn2cc(-c3cc4sc(N(C)C5CC6CCCC(C5)N6)nc4cn3)cc(C)c2n1.Cl. The van der Waals surface area contributed by atoms with Crippen molar-refractivity contribution in [1.29, 1.82) is 0 Å². The summed E-state index contributed by atoms with van der Waals surface area (Å²) in [5.74, 6) is 0. The molecule has 168 valence electrons. The number of nitrogens with zero attached hydrogens (tertiary/aromatic N) is 5. The number of fused-ring (bicyclic) bond motifs is 4. The van der Waals surface area contributed by atoms with E-state index in [9.17, 15) is 0 Å². The Hall–Kier alpha value is -2.22. The predicted molar refractivity (Wildman–Crippen MR) is 134 cm³/mol. The van der Waals surface area contributed by atoms with Gasteiger partial charge in [-0.05, 0) is 57.2 Å². The Morgan fingerprint density at radius 3 is 2.66 bits per heavy atom. The standard InChI is InChI=1S/C24H28N6S.ClH/c1-14-7-16(13-30-12-15(2)26-23(14)30)20-10-22-21(11-25-20)28-24(31-22)29(3)19-8-17-5-4-6-18(9-19)27-17;/h7,10-13,17-19,27H,4-6,8-9H2,1-3H3;1H. The van der Waals surface area contributed by atoms with Crippen LogP contribution in [-0.2, 0) is 0 Å². The third kappa shape index (κ3) is 3.76. The van der Waals surface area contributed by atoms with E-state index in [2.05, 4.69) is 58.1 Å². The second-order valence-electron chi connectivity index (χ2n) is 9.29. The van der Waals surface area contributed by atoms with Crippen molar-refractivity contribution >= 4 is 44.7 Å². The van der Waals surface area contributed by atoms with Gasteiger partial charge >= 0.3 is 0 Å². The van der Waals surface area contributed by atoms with E-state index in [4.69, 9.17) is 9.97 Å². The van der Waals surface area contributed by atoms with Crippen LogP contribution in [0.25, 0.3) is 27.1 Å². The van der Waals surface area contributed by atoms with E-state index < -0.39 is 0 Å². The summed E-state index contributed by atoms with van der Waals surface area (Å²) in [6, 6.07) is 6.28. The lowest BCUT2D eigenvalue weighted by molar-refractivity contribution is 0.219. The number of anilines is 1.